The molecule has 0 saturated heterocycles. The first-order chi connectivity index (χ1) is 13.2. The molecule has 3 aromatic heterocycles. The summed E-state index contributed by atoms with van der Waals surface area (Å²) in [4.78, 5) is 19.5. The lowest BCUT2D eigenvalue weighted by Crippen LogP contribution is -2.16. The normalized spacial score (nSPS) is 10.6. The molecule has 0 aliphatic heterocycles. The second-order valence-corrected chi connectivity index (χ2v) is 6.47. The van der Waals surface area contributed by atoms with E-state index in [1.54, 1.807) is 37.6 Å². The standard InChI is InChI=1S/C19H16N4O3S/c1-25-13-4-2-12(3-5-13)22-19(24)26-18-16(8-11-27-18)23-15-7-10-21-17-14(15)6-9-20-17/h2-11H,1H3,(H,22,24)(H2,20,21,23). The van der Waals surface area contributed by atoms with Crippen LogP contribution in [0.4, 0.5) is 21.9 Å². The van der Waals surface area contributed by atoms with Gasteiger partial charge < -0.3 is 19.8 Å². The van der Waals surface area contributed by atoms with E-state index in [0.717, 1.165) is 16.7 Å². The van der Waals surface area contributed by atoms with Gasteiger partial charge in [-0.1, -0.05) is 0 Å². The van der Waals surface area contributed by atoms with Gasteiger partial charge in [0.25, 0.3) is 0 Å². The van der Waals surface area contributed by atoms with Crippen molar-refractivity contribution in [1.82, 2.24) is 9.97 Å². The Bertz CT molecular complexity index is 1070. The van der Waals surface area contributed by atoms with E-state index in [2.05, 4.69) is 20.6 Å². The molecule has 4 aromatic rings. The van der Waals surface area contributed by atoms with Gasteiger partial charge in [-0.3, -0.25) is 5.32 Å². The number of amides is 1. The molecule has 0 aliphatic rings. The summed E-state index contributed by atoms with van der Waals surface area (Å²) < 4.78 is 10.6. The predicted molar refractivity (Wildman–Crippen MR) is 106 cm³/mol. The first-order valence-electron chi connectivity index (χ1n) is 8.12. The molecule has 0 atom stereocenters. The van der Waals surface area contributed by atoms with Crippen molar-refractivity contribution >= 4 is 45.5 Å². The van der Waals surface area contributed by atoms with Gasteiger partial charge in [-0.05, 0) is 47.8 Å². The number of pyridine rings is 1. The second kappa shape index (κ2) is 7.38. The van der Waals surface area contributed by atoms with E-state index in [1.165, 1.54) is 11.3 Å². The number of aromatic nitrogens is 2. The maximum atomic E-state index is 12.2. The minimum Gasteiger partial charge on any atom is -0.497 e. The monoisotopic (exact) mass is 380 g/mol. The van der Waals surface area contributed by atoms with Gasteiger partial charge in [0, 0.05) is 23.5 Å². The molecule has 0 radical (unpaired) electrons. The molecule has 0 unspecified atom stereocenters. The summed E-state index contributed by atoms with van der Waals surface area (Å²) >= 11 is 1.33. The van der Waals surface area contributed by atoms with Crippen molar-refractivity contribution in [2.45, 2.75) is 0 Å². The summed E-state index contributed by atoms with van der Waals surface area (Å²) in [5.41, 5.74) is 2.99. The van der Waals surface area contributed by atoms with Crippen molar-refractivity contribution in [2.75, 3.05) is 17.7 Å². The predicted octanol–water partition coefficient (Wildman–Crippen LogP) is 4.99. The minimum absolute atomic E-state index is 0.474. The zero-order valence-electron chi connectivity index (χ0n) is 14.4. The molecule has 136 valence electrons. The van der Waals surface area contributed by atoms with Crippen molar-refractivity contribution in [3.8, 4) is 10.8 Å². The Hall–Kier alpha value is -3.52. The van der Waals surface area contributed by atoms with Crippen LogP contribution in [0.1, 0.15) is 0 Å². The van der Waals surface area contributed by atoms with E-state index in [9.17, 15) is 4.79 Å². The molecule has 0 fully saturated rings. The molecule has 1 amide bonds. The average Bonchev–Trinajstić information content (AvgIpc) is 3.32. The summed E-state index contributed by atoms with van der Waals surface area (Å²) in [6.45, 7) is 0. The van der Waals surface area contributed by atoms with E-state index in [1.807, 2.05) is 29.8 Å². The van der Waals surface area contributed by atoms with Crippen LogP contribution in [-0.2, 0) is 0 Å². The topological polar surface area (TPSA) is 88.3 Å². The number of benzene rings is 1. The third kappa shape index (κ3) is 3.70. The van der Waals surface area contributed by atoms with Gasteiger partial charge in [-0.2, -0.15) is 0 Å². The van der Waals surface area contributed by atoms with Gasteiger partial charge in [0.2, 0.25) is 5.06 Å². The lowest BCUT2D eigenvalue weighted by Gasteiger charge is -2.10. The number of carbonyl (C=O) groups excluding carboxylic acids is 1. The van der Waals surface area contributed by atoms with Crippen LogP contribution in [0.15, 0.2) is 60.2 Å². The first-order valence-corrected chi connectivity index (χ1v) is 9.00. The number of rotatable bonds is 5. The smallest absolute Gasteiger partial charge is 0.417 e. The maximum absolute atomic E-state index is 12.2. The van der Waals surface area contributed by atoms with Crippen molar-refractivity contribution in [3.63, 3.8) is 0 Å². The van der Waals surface area contributed by atoms with Gasteiger partial charge in [0.05, 0.1) is 18.5 Å². The van der Waals surface area contributed by atoms with Crippen molar-refractivity contribution < 1.29 is 14.3 Å². The second-order valence-electron chi connectivity index (χ2n) is 5.59. The zero-order chi connectivity index (χ0) is 18.6. The van der Waals surface area contributed by atoms with Gasteiger partial charge in [-0.25, -0.2) is 9.78 Å². The van der Waals surface area contributed by atoms with Gasteiger partial charge in [-0.15, -0.1) is 11.3 Å². The van der Waals surface area contributed by atoms with E-state index < -0.39 is 6.09 Å². The number of carbonyl (C=O) groups is 1. The Morgan fingerprint density at radius 2 is 1.96 bits per heavy atom. The number of thiophene rings is 1. The summed E-state index contributed by atoms with van der Waals surface area (Å²) in [5, 5.41) is 9.27. The van der Waals surface area contributed by atoms with Crippen LogP contribution in [-0.4, -0.2) is 23.2 Å². The number of aromatic amines is 1. The number of hydrogen-bond acceptors (Lipinski definition) is 6. The van der Waals surface area contributed by atoms with Crippen LogP contribution < -0.4 is 20.1 Å². The fraction of sp³-hybridized carbons (Fsp3) is 0.0526. The lowest BCUT2D eigenvalue weighted by molar-refractivity contribution is 0.217. The number of methoxy groups -OCH3 is 1. The molecule has 0 spiro atoms. The highest BCUT2D eigenvalue weighted by atomic mass is 32.1. The summed E-state index contributed by atoms with van der Waals surface area (Å²) in [6.07, 6.45) is 2.98. The molecule has 1 aromatic carbocycles. The lowest BCUT2D eigenvalue weighted by atomic mass is 10.3. The molecule has 4 rings (SSSR count). The number of hydrogen-bond donors (Lipinski definition) is 3. The number of nitrogens with zero attached hydrogens (tertiary/aromatic N) is 1. The minimum atomic E-state index is -0.563. The Morgan fingerprint density at radius 3 is 2.78 bits per heavy atom. The van der Waals surface area contributed by atoms with Crippen LogP contribution in [0.2, 0.25) is 0 Å². The molecule has 8 heteroatoms. The third-order valence-corrected chi connectivity index (χ3v) is 4.67. The molecule has 0 bridgehead atoms. The molecule has 0 aliphatic carbocycles. The van der Waals surface area contributed by atoms with E-state index in [0.29, 0.717) is 22.2 Å². The third-order valence-electron chi connectivity index (χ3n) is 3.88. The Morgan fingerprint density at radius 1 is 1.11 bits per heavy atom. The fourth-order valence-electron chi connectivity index (χ4n) is 2.58. The van der Waals surface area contributed by atoms with E-state index in [-0.39, 0.29) is 0 Å². The molecule has 3 N–H and O–H groups in total. The quantitative estimate of drug-likeness (QED) is 0.454. The van der Waals surface area contributed by atoms with Gasteiger partial charge in [0.15, 0.2) is 0 Å². The van der Waals surface area contributed by atoms with Crippen LogP contribution in [0.25, 0.3) is 11.0 Å². The zero-order valence-corrected chi connectivity index (χ0v) is 15.2. The van der Waals surface area contributed by atoms with Crippen molar-refractivity contribution in [1.29, 1.82) is 0 Å². The Kier molecular flexibility index (Phi) is 4.63. The van der Waals surface area contributed by atoms with E-state index in [4.69, 9.17) is 9.47 Å². The summed E-state index contributed by atoms with van der Waals surface area (Å²) in [7, 11) is 1.59. The number of fused-ring (bicyclic) bond motifs is 1. The SMILES string of the molecule is COc1ccc(NC(=O)Oc2sccc2Nc2ccnc3[nH]ccc23)cc1. The average molecular weight is 380 g/mol. The Balaban J connectivity index is 1.46. The highest BCUT2D eigenvalue weighted by molar-refractivity contribution is 7.12. The number of H-pyrrole nitrogens is 1. The highest BCUT2D eigenvalue weighted by Crippen LogP contribution is 2.35. The molecular formula is C19H16N4O3S. The van der Waals surface area contributed by atoms with Gasteiger partial charge >= 0.3 is 6.09 Å². The molecular weight excluding hydrogens is 364 g/mol. The number of anilines is 3. The fourth-order valence-corrected chi connectivity index (χ4v) is 3.28. The molecule has 0 saturated carbocycles. The van der Waals surface area contributed by atoms with Crippen LogP contribution in [0.3, 0.4) is 0 Å². The summed E-state index contributed by atoms with van der Waals surface area (Å²) in [6, 6.07) is 12.7. The molecule has 27 heavy (non-hydrogen) atoms. The van der Waals surface area contributed by atoms with Gasteiger partial charge in [0.1, 0.15) is 11.4 Å². The van der Waals surface area contributed by atoms with Crippen LogP contribution in [0, 0.1) is 0 Å². The van der Waals surface area contributed by atoms with Crippen LogP contribution in [0.5, 0.6) is 10.8 Å². The summed E-state index contributed by atoms with van der Waals surface area (Å²) in [5.74, 6) is 0.715. The number of nitrogens with one attached hydrogen (secondary N) is 3. The van der Waals surface area contributed by atoms with Crippen molar-refractivity contribution in [2.24, 2.45) is 0 Å². The highest BCUT2D eigenvalue weighted by Gasteiger charge is 2.13. The van der Waals surface area contributed by atoms with Crippen LogP contribution >= 0.6 is 11.3 Å². The van der Waals surface area contributed by atoms with E-state index >= 15 is 0 Å². The van der Waals surface area contributed by atoms with Crippen molar-refractivity contribution in [3.05, 3.63) is 60.2 Å². The molecule has 7 nitrogen and oxygen atoms in total. The largest absolute Gasteiger partial charge is 0.497 e. The Labute approximate surface area is 159 Å². The number of ether oxygens (including phenoxy) is 2. The first kappa shape index (κ1) is 16.9. The maximum Gasteiger partial charge on any atom is 0.417 e. The molecule has 3 heterocycles.